The van der Waals surface area contributed by atoms with Gasteiger partial charge in [0.05, 0.1) is 0 Å². The first-order valence-corrected chi connectivity index (χ1v) is 5.15. The van der Waals surface area contributed by atoms with Crippen LogP contribution in [0.4, 0.5) is 0 Å². The van der Waals surface area contributed by atoms with Crippen LogP contribution in [0.15, 0.2) is 36.4 Å². The number of hydrogen-bond donors (Lipinski definition) is 1. The van der Waals surface area contributed by atoms with Crippen molar-refractivity contribution in [3.63, 3.8) is 0 Å². The lowest BCUT2D eigenvalue weighted by Crippen LogP contribution is -2.19. The van der Waals surface area contributed by atoms with Crippen LogP contribution in [0.5, 0.6) is 0 Å². The predicted octanol–water partition coefficient (Wildman–Crippen LogP) is 3.22. The van der Waals surface area contributed by atoms with E-state index in [4.69, 9.17) is 0 Å². The molecule has 0 aliphatic carbocycles. The minimum absolute atomic E-state index is 0.424. The molecule has 0 unspecified atom stereocenters. The molecular weight excluding hydrogens is 170 g/mol. The number of aryl methyl sites for hydroxylation is 1. The number of nitrogens with one attached hydrogen (secondary N) is 1. The van der Waals surface area contributed by atoms with Crippen LogP contribution in [0, 0.1) is 6.92 Å². The molecular formula is C13H19N. The van der Waals surface area contributed by atoms with Crippen molar-refractivity contribution in [1.29, 1.82) is 0 Å². The van der Waals surface area contributed by atoms with E-state index in [0.717, 1.165) is 6.54 Å². The van der Waals surface area contributed by atoms with Crippen molar-refractivity contribution >= 4 is 0 Å². The fourth-order valence-electron chi connectivity index (χ4n) is 1.55. The van der Waals surface area contributed by atoms with Crippen LogP contribution in [0.2, 0.25) is 0 Å². The monoisotopic (exact) mass is 189 g/mol. The van der Waals surface area contributed by atoms with E-state index in [2.05, 4.69) is 55.6 Å². The Hall–Kier alpha value is -1.08. The van der Waals surface area contributed by atoms with Crippen LogP contribution in [0.25, 0.3) is 0 Å². The molecule has 1 nitrogen and oxygen atoms in total. The Kier molecular flexibility index (Phi) is 4.41. The number of allylic oxidation sites excluding steroid dienone is 1. The third-order valence-electron chi connectivity index (χ3n) is 2.43. The van der Waals surface area contributed by atoms with Gasteiger partial charge in [-0.3, -0.25) is 0 Å². The largest absolute Gasteiger partial charge is 0.307 e. The molecule has 0 spiro atoms. The van der Waals surface area contributed by atoms with Crippen molar-refractivity contribution in [3.05, 3.63) is 47.5 Å². The van der Waals surface area contributed by atoms with E-state index in [1.807, 2.05) is 6.92 Å². The Balaban J connectivity index is 2.60. The molecule has 1 heteroatoms. The van der Waals surface area contributed by atoms with Gasteiger partial charge in [-0.05, 0) is 31.9 Å². The molecule has 0 saturated carbocycles. The molecule has 1 aromatic rings. The summed E-state index contributed by atoms with van der Waals surface area (Å²) in [4.78, 5) is 0. The maximum Gasteiger partial charge on any atom is 0.0297 e. The van der Waals surface area contributed by atoms with Crippen LogP contribution >= 0.6 is 0 Å². The molecule has 0 fully saturated rings. The molecule has 1 rings (SSSR count). The molecule has 76 valence electrons. The van der Waals surface area contributed by atoms with Gasteiger partial charge in [-0.1, -0.05) is 36.4 Å². The van der Waals surface area contributed by atoms with Gasteiger partial charge in [0.15, 0.2) is 0 Å². The lowest BCUT2D eigenvalue weighted by Gasteiger charge is -2.15. The Morgan fingerprint density at radius 3 is 2.71 bits per heavy atom. The van der Waals surface area contributed by atoms with E-state index in [9.17, 15) is 0 Å². The molecule has 14 heavy (non-hydrogen) atoms. The molecule has 0 heterocycles. The Morgan fingerprint density at radius 1 is 1.36 bits per heavy atom. The van der Waals surface area contributed by atoms with Gasteiger partial charge < -0.3 is 5.32 Å². The lowest BCUT2D eigenvalue weighted by atomic mass is 10.0. The van der Waals surface area contributed by atoms with Crippen LogP contribution in [0.1, 0.15) is 31.0 Å². The summed E-state index contributed by atoms with van der Waals surface area (Å²) in [6, 6.07) is 8.94. The van der Waals surface area contributed by atoms with Gasteiger partial charge in [-0.2, -0.15) is 0 Å². The fraction of sp³-hybridized carbons (Fsp3) is 0.385. The summed E-state index contributed by atoms with van der Waals surface area (Å²) in [5, 5.41) is 3.45. The molecule has 1 N–H and O–H groups in total. The standard InChI is InChI=1S/C13H19N/c1-4-5-10-14-12(3)13-9-7-6-8-11(13)2/h4-9,12,14H,10H2,1-3H3/b5-4+/t12-/m1/s1. The summed E-state index contributed by atoms with van der Waals surface area (Å²) in [6.07, 6.45) is 4.20. The van der Waals surface area contributed by atoms with Crippen molar-refractivity contribution in [3.8, 4) is 0 Å². The van der Waals surface area contributed by atoms with Crippen molar-refractivity contribution in [2.45, 2.75) is 26.8 Å². The summed E-state index contributed by atoms with van der Waals surface area (Å²) in [5.74, 6) is 0. The van der Waals surface area contributed by atoms with Crippen LogP contribution in [-0.4, -0.2) is 6.54 Å². The zero-order chi connectivity index (χ0) is 10.4. The molecule has 0 aliphatic heterocycles. The van der Waals surface area contributed by atoms with Crippen molar-refractivity contribution in [2.24, 2.45) is 0 Å². The van der Waals surface area contributed by atoms with Gasteiger partial charge in [0.2, 0.25) is 0 Å². The van der Waals surface area contributed by atoms with Gasteiger partial charge in [0.25, 0.3) is 0 Å². The van der Waals surface area contributed by atoms with Gasteiger partial charge in [0, 0.05) is 12.6 Å². The van der Waals surface area contributed by atoms with E-state index >= 15 is 0 Å². The Bertz CT molecular complexity index is 302. The first-order valence-electron chi connectivity index (χ1n) is 5.15. The number of benzene rings is 1. The quantitative estimate of drug-likeness (QED) is 0.717. The first kappa shape index (κ1) is 11.0. The second-order valence-corrected chi connectivity index (χ2v) is 3.56. The predicted molar refractivity (Wildman–Crippen MR) is 62.4 cm³/mol. The molecule has 0 amide bonds. The molecule has 0 aromatic heterocycles. The van der Waals surface area contributed by atoms with Gasteiger partial charge in [-0.15, -0.1) is 0 Å². The van der Waals surface area contributed by atoms with E-state index in [-0.39, 0.29) is 0 Å². The third-order valence-corrected chi connectivity index (χ3v) is 2.43. The van der Waals surface area contributed by atoms with E-state index in [0.29, 0.717) is 6.04 Å². The Morgan fingerprint density at radius 2 is 2.07 bits per heavy atom. The van der Waals surface area contributed by atoms with Crippen LogP contribution in [0.3, 0.4) is 0 Å². The normalized spacial score (nSPS) is 13.4. The number of hydrogen-bond acceptors (Lipinski definition) is 1. The molecule has 1 atom stereocenters. The van der Waals surface area contributed by atoms with E-state index in [1.54, 1.807) is 0 Å². The molecule has 1 aromatic carbocycles. The summed E-state index contributed by atoms with van der Waals surface area (Å²) >= 11 is 0. The molecule has 0 bridgehead atoms. The zero-order valence-corrected chi connectivity index (χ0v) is 9.25. The first-order chi connectivity index (χ1) is 6.75. The second kappa shape index (κ2) is 5.61. The third kappa shape index (κ3) is 3.00. The minimum atomic E-state index is 0.424. The highest BCUT2D eigenvalue weighted by molar-refractivity contribution is 5.28. The highest BCUT2D eigenvalue weighted by atomic mass is 14.9. The topological polar surface area (TPSA) is 12.0 Å². The Labute approximate surface area is 86.8 Å². The fourth-order valence-corrected chi connectivity index (χ4v) is 1.55. The maximum absolute atomic E-state index is 3.45. The second-order valence-electron chi connectivity index (χ2n) is 3.56. The lowest BCUT2D eigenvalue weighted by molar-refractivity contribution is 0.614. The maximum atomic E-state index is 3.45. The minimum Gasteiger partial charge on any atom is -0.307 e. The molecule has 0 aliphatic rings. The highest BCUT2D eigenvalue weighted by Crippen LogP contribution is 2.15. The van der Waals surface area contributed by atoms with E-state index in [1.165, 1.54) is 11.1 Å². The summed E-state index contributed by atoms with van der Waals surface area (Å²) < 4.78 is 0. The summed E-state index contributed by atoms with van der Waals surface area (Å²) in [6.45, 7) is 7.33. The smallest absolute Gasteiger partial charge is 0.0297 e. The average Bonchev–Trinajstić information content (AvgIpc) is 2.18. The zero-order valence-electron chi connectivity index (χ0n) is 9.25. The van der Waals surface area contributed by atoms with Crippen molar-refractivity contribution < 1.29 is 0 Å². The van der Waals surface area contributed by atoms with Crippen molar-refractivity contribution in [1.82, 2.24) is 5.32 Å². The van der Waals surface area contributed by atoms with Gasteiger partial charge >= 0.3 is 0 Å². The van der Waals surface area contributed by atoms with Crippen LogP contribution in [-0.2, 0) is 0 Å². The average molecular weight is 189 g/mol. The highest BCUT2D eigenvalue weighted by Gasteiger charge is 2.04. The summed E-state index contributed by atoms with van der Waals surface area (Å²) in [5.41, 5.74) is 2.74. The molecule has 0 radical (unpaired) electrons. The van der Waals surface area contributed by atoms with Crippen LogP contribution < -0.4 is 5.32 Å². The summed E-state index contributed by atoms with van der Waals surface area (Å²) in [7, 11) is 0. The number of rotatable bonds is 4. The molecule has 0 saturated heterocycles. The van der Waals surface area contributed by atoms with Gasteiger partial charge in [0.1, 0.15) is 0 Å². The SMILES string of the molecule is C/C=C/CN[C@H](C)c1ccccc1C. The van der Waals surface area contributed by atoms with Crippen molar-refractivity contribution in [2.75, 3.05) is 6.54 Å². The van der Waals surface area contributed by atoms with Gasteiger partial charge in [-0.25, -0.2) is 0 Å². The van der Waals surface area contributed by atoms with E-state index < -0.39 is 0 Å².